The first-order chi connectivity index (χ1) is 9.61. The van der Waals surface area contributed by atoms with Gasteiger partial charge in [-0.25, -0.2) is 0 Å². The van der Waals surface area contributed by atoms with E-state index in [-0.39, 0.29) is 22.8 Å². The molecule has 20 heavy (non-hydrogen) atoms. The van der Waals surface area contributed by atoms with Crippen LogP contribution >= 0.6 is 0 Å². The lowest BCUT2D eigenvalue weighted by molar-refractivity contribution is -0.111. The highest BCUT2D eigenvalue weighted by Gasteiger charge is 2.10. The van der Waals surface area contributed by atoms with E-state index in [2.05, 4.69) is 0 Å². The van der Waals surface area contributed by atoms with Crippen molar-refractivity contribution in [1.82, 2.24) is 0 Å². The predicted molar refractivity (Wildman–Crippen MR) is 76.8 cm³/mol. The number of hydrogen-bond donors (Lipinski definition) is 2. The first-order valence-electron chi connectivity index (χ1n) is 6.28. The lowest BCUT2D eigenvalue weighted by atomic mass is 10.0. The average molecular weight is 272 g/mol. The number of hydrogen-bond acceptors (Lipinski definition) is 4. The smallest absolute Gasteiger partial charge is 0.181 e. The summed E-state index contributed by atoms with van der Waals surface area (Å²) < 4.78 is 4.92. The van der Waals surface area contributed by atoms with Crippen molar-refractivity contribution in [3.8, 4) is 17.2 Å². The second-order valence-electron chi connectivity index (χ2n) is 4.42. The van der Waals surface area contributed by atoms with E-state index >= 15 is 0 Å². The number of benzene rings is 1. The van der Waals surface area contributed by atoms with Crippen molar-refractivity contribution in [3.63, 3.8) is 0 Å². The molecule has 0 aromatic heterocycles. The Hall–Kier alpha value is -2.49. The van der Waals surface area contributed by atoms with Gasteiger partial charge in [-0.15, -0.1) is 0 Å². The van der Waals surface area contributed by atoms with Gasteiger partial charge in [0.1, 0.15) is 17.2 Å². The molecular weight excluding hydrogens is 256 g/mol. The van der Waals surface area contributed by atoms with E-state index in [1.165, 1.54) is 31.4 Å². The van der Waals surface area contributed by atoms with Crippen LogP contribution in [0, 0.1) is 0 Å². The van der Waals surface area contributed by atoms with Gasteiger partial charge in [0, 0.05) is 12.1 Å². The molecule has 0 unspecified atom stereocenters. The molecule has 4 heteroatoms. The van der Waals surface area contributed by atoms with E-state index in [1.54, 1.807) is 0 Å². The first kappa shape index (κ1) is 13.9. The number of carbonyl (C=O) groups is 1. The molecule has 0 heterocycles. The quantitative estimate of drug-likeness (QED) is 0.653. The molecule has 1 aliphatic rings. The van der Waals surface area contributed by atoms with Crippen molar-refractivity contribution in [2.75, 3.05) is 7.11 Å². The Bertz CT molecular complexity index is 586. The summed E-state index contributed by atoms with van der Waals surface area (Å²) in [5, 5.41) is 19.6. The fourth-order valence-corrected chi connectivity index (χ4v) is 1.95. The molecule has 0 amide bonds. The zero-order chi connectivity index (χ0) is 14.5. The minimum absolute atomic E-state index is 0.121. The Labute approximate surface area is 117 Å². The van der Waals surface area contributed by atoms with Crippen molar-refractivity contribution in [2.45, 2.75) is 12.8 Å². The third kappa shape index (κ3) is 3.09. The summed E-state index contributed by atoms with van der Waals surface area (Å²) in [6.07, 6.45) is 9.96. The highest BCUT2D eigenvalue weighted by molar-refractivity contribution is 6.06. The molecule has 2 rings (SSSR count). The Morgan fingerprint density at radius 3 is 2.50 bits per heavy atom. The van der Waals surface area contributed by atoms with Crippen LogP contribution in [-0.4, -0.2) is 23.1 Å². The number of phenols is 2. The van der Waals surface area contributed by atoms with Crippen molar-refractivity contribution in [2.24, 2.45) is 0 Å². The van der Waals surface area contributed by atoms with Crippen LogP contribution in [0.4, 0.5) is 0 Å². The van der Waals surface area contributed by atoms with Crippen molar-refractivity contribution in [3.05, 3.63) is 47.6 Å². The van der Waals surface area contributed by atoms with Gasteiger partial charge in [-0.05, 0) is 30.6 Å². The van der Waals surface area contributed by atoms with E-state index in [9.17, 15) is 15.0 Å². The Morgan fingerprint density at radius 2 is 1.95 bits per heavy atom. The van der Waals surface area contributed by atoms with Crippen LogP contribution in [0.3, 0.4) is 0 Å². The summed E-state index contributed by atoms with van der Waals surface area (Å²) in [5.41, 5.74) is 0.919. The molecule has 0 bridgehead atoms. The molecule has 104 valence electrons. The van der Waals surface area contributed by atoms with Gasteiger partial charge < -0.3 is 14.9 Å². The van der Waals surface area contributed by atoms with Gasteiger partial charge in [-0.3, -0.25) is 4.79 Å². The molecule has 0 radical (unpaired) electrons. The lowest BCUT2D eigenvalue weighted by Gasteiger charge is -2.07. The largest absolute Gasteiger partial charge is 0.507 e. The molecule has 1 aromatic rings. The summed E-state index contributed by atoms with van der Waals surface area (Å²) in [5.74, 6) is -0.0422. The second-order valence-corrected chi connectivity index (χ2v) is 4.42. The van der Waals surface area contributed by atoms with Gasteiger partial charge in [-0.2, -0.15) is 0 Å². The molecule has 0 saturated carbocycles. The van der Waals surface area contributed by atoms with E-state index in [0.717, 1.165) is 12.0 Å². The van der Waals surface area contributed by atoms with Gasteiger partial charge in [0.25, 0.3) is 0 Å². The highest BCUT2D eigenvalue weighted by atomic mass is 16.5. The molecule has 0 spiro atoms. The maximum absolute atomic E-state index is 11.9. The maximum atomic E-state index is 11.9. The monoisotopic (exact) mass is 272 g/mol. The number of phenolic OH excluding ortho intramolecular Hbond substituents is 2. The number of rotatable bonds is 4. The van der Waals surface area contributed by atoms with E-state index in [0.29, 0.717) is 12.2 Å². The fraction of sp³-hybridized carbons (Fsp3) is 0.188. The van der Waals surface area contributed by atoms with Crippen molar-refractivity contribution >= 4 is 11.9 Å². The normalized spacial score (nSPS) is 14.3. The predicted octanol–water partition coefficient (Wildman–Crippen LogP) is 2.97. The molecule has 0 saturated heterocycles. The number of allylic oxidation sites excluding steroid dienone is 5. The minimum atomic E-state index is -0.136. The summed E-state index contributed by atoms with van der Waals surface area (Å²) in [4.78, 5) is 11.9. The Balaban J connectivity index is 2.19. The summed E-state index contributed by atoms with van der Waals surface area (Å²) in [6.45, 7) is 0. The standard InChI is InChI=1S/C16H16O4/c1-20-12-9-15(18)13(16(19)10-12)7-8-14(17)11-5-3-2-4-6-11/h2-3,6-10,18-19H,4-5H2,1H3. The van der Waals surface area contributed by atoms with Gasteiger partial charge in [0.15, 0.2) is 5.78 Å². The van der Waals surface area contributed by atoms with Crippen LogP contribution in [0.15, 0.2) is 42.0 Å². The summed E-state index contributed by atoms with van der Waals surface area (Å²) >= 11 is 0. The van der Waals surface area contributed by atoms with Crippen LogP contribution in [-0.2, 0) is 4.79 Å². The number of ketones is 1. The Morgan fingerprint density at radius 1 is 1.25 bits per heavy atom. The van der Waals surface area contributed by atoms with Crippen molar-refractivity contribution < 1.29 is 19.7 Å². The fourth-order valence-electron chi connectivity index (χ4n) is 1.95. The van der Waals surface area contributed by atoms with Gasteiger partial charge >= 0.3 is 0 Å². The molecule has 0 aliphatic heterocycles. The molecule has 0 fully saturated rings. The van der Waals surface area contributed by atoms with E-state index in [1.807, 2.05) is 18.2 Å². The minimum Gasteiger partial charge on any atom is -0.507 e. The molecule has 2 N–H and O–H groups in total. The van der Waals surface area contributed by atoms with E-state index < -0.39 is 0 Å². The van der Waals surface area contributed by atoms with E-state index in [4.69, 9.17) is 4.74 Å². The highest BCUT2D eigenvalue weighted by Crippen LogP contribution is 2.33. The number of methoxy groups -OCH3 is 1. The number of carbonyl (C=O) groups excluding carboxylic acids is 1. The van der Waals surface area contributed by atoms with Crippen LogP contribution < -0.4 is 4.74 Å². The third-order valence-corrected chi connectivity index (χ3v) is 3.07. The van der Waals surface area contributed by atoms with Gasteiger partial charge in [-0.1, -0.05) is 18.2 Å². The van der Waals surface area contributed by atoms with Crippen LogP contribution in [0.25, 0.3) is 6.08 Å². The molecule has 0 atom stereocenters. The SMILES string of the molecule is COc1cc(O)c(C=CC(=O)C2=CCC=CC2)c(O)c1. The zero-order valence-electron chi connectivity index (χ0n) is 11.2. The third-order valence-electron chi connectivity index (χ3n) is 3.07. The second kappa shape index (κ2) is 6.10. The van der Waals surface area contributed by atoms with Gasteiger partial charge in [0.2, 0.25) is 0 Å². The molecule has 4 nitrogen and oxygen atoms in total. The lowest BCUT2D eigenvalue weighted by Crippen LogP contribution is -1.99. The average Bonchev–Trinajstić information content (AvgIpc) is 2.46. The molecule has 1 aromatic carbocycles. The Kier molecular flexibility index (Phi) is 4.25. The molecule has 1 aliphatic carbocycles. The van der Waals surface area contributed by atoms with Crippen LogP contribution in [0.2, 0.25) is 0 Å². The maximum Gasteiger partial charge on any atom is 0.181 e. The van der Waals surface area contributed by atoms with Crippen LogP contribution in [0.1, 0.15) is 18.4 Å². The topological polar surface area (TPSA) is 66.8 Å². The molecular formula is C16H16O4. The van der Waals surface area contributed by atoms with Gasteiger partial charge in [0.05, 0.1) is 12.7 Å². The van der Waals surface area contributed by atoms with Crippen LogP contribution in [0.5, 0.6) is 17.2 Å². The number of aromatic hydroxyl groups is 2. The summed E-state index contributed by atoms with van der Waals surface area (Å²) in [6, 6.07) is 2.76. The van der Waals surface area contributed by atoms with Crippen molar-refractivity contribution in [1.29, 1.82) is 0 Å². The first-order valence-corrected chi connectivity index (χ1v) is 6.28. The summed E-state index contributed by atoms with van der Waals surface area (Å²) in [7, 11) is 1.44. The number of ether oxygens (including phenoxy) is 1. The zero-order valence-corrected chi connectivity index (χ0v) is 11.2.